The van der Waals surface area contributed by atoms with E-state index in [2.05, 4.69) is 5.32 Å². The predicted octanol–water partition coefficient (Wildman–Crippen LogP) is 1.27. The molecule has 1 N–H and O–H groups in total. The molecule has 0 heterocycles. The highest BCUT2D eigenvalue weighted by atomic mass is 16.6. The number of aldehydes is 1. The highest BCUT2D eigenvalue weighted by molar-refractivity contribution is 5.97. The number of nitrogens with one attached hydrogen (secondary N) is 1. The zero-order valence-electron chi connectivity index (χ0n) is 21.3. The minimum Gasteiger partial charge on any atom is -0.495 e. The maximum Gasteiger partial charge on any atom is 0.307 e. The fraction of sp³-hybridized carbons (Fsp3) is 0.500. The van der Waals surface area contributed by atoms with Gasteiger partial charge < -0.3 is 33.9 Å². The van der Waals surface area contributed by atoms with Gasteiger partial charge in [-0.15, -0.1) is 0 Å². The molecule has 204 valence electrons. The van der Waals surface area contributed by atoms with Crippen molar-refractivity contribution in [1.82, 2.24) is 0 Å². The predicted molar refractivity (Wildman–Crippen MR) is 129 cm³/mol. The largest absolute Gasteiger partial charge is 0.495 e. The molecule has 0 aromatic heterocycles. The number of anilines is 2. The molecule has 0 radical (unpaired) electrons. The quantitative estimate of drug-likeness (QED) is 0.143. The molecular weight excluding hydrogens is 492 g/mol. The van der Waals surface area contributed by atoms with Crippen molar-refractivity contribution in [2.24, 2.45) is 0 Å². The normalized spacial score (nSPS) is 10.1. The first-order valence-electron chi connectivity index (χ1n) is 11.3. The lowest BCUT2D eigenvalue weighted by molar-refractivity contribution is -0.151. The third kappa shape index (κ3) is 12.4. The number of nitrogens with zero attached hydrogens (tertiary/aromatic N) is 1. The molecule has 0 fully saturated rings. The van der Waals surface area contributed by atoms with Gasteiger partial charge in [0.2, 0.25) is 5.91 Å². The molecular formula is C24H32N2O11. The molecule has 0 aliphatic heterocycles. The minimum atomic E-state index is -0.577. The van der Waals surface area contributed by atoms with Crippen LogP contribution < -0.4 is 15.0 Å². The number of benzene rings is 1. The average molecular weight is 525 g/mol. The fourth-order valence-corrected chi connectivity index (χ4v) is 3.02. The lowest BCUT2D eigenvalue weighted by Gasteiger charge is -2.27. The van der Waals surface area contributed by atoms with Crippen LogP contribution in [0.25, 0.3) is 0 Å². The Morgan fingerprint density at radius 2 is 1.30 bits per heavy atom. The van der Waals surface area contributed by atoms with E-state index < -0.39 is 29.8 Å². The zero-order valence-corrected chi connectivity index (χ0v) is 21.3. The van der Waals surface area contributed by atoms with Crippen LogP contribution >= 0.6 is 0 Å². The first-order valence-corrected chi connectivity index (χ1v) is 11.3. The van der Waals surface area contributed by atoms with Gasteiger partial charge in [0.1, 0.15) is 32.2 Å². The van der Waals surface area contributed by atoms with E-state index in [4.69, 9.17) is 23.7 Å². The molecule has 0 aliphatic carbocycles. The van der Waals surface area contributed by atoms with Gasteiger partial charge in [0.25, 0.3) is 0 Å². The van der Waals surface area contributed by atoms with Crippen LogP contribution in [0.3, 0.4) is 0 Å². The maximum absolute atomic E-state index is 12.2. The molecule has 1 aromatic rings. The van der Waals surface area contributed by atoms with Crippen LogP contribution in [0.4, 0.5) is 11.4 Å². The van der Waals surface area contributed by atoms with Crippen molar-refractivity contribution in [3.05, 3.63) is 17.7 Å². The number of carbonyl (C=O) groups is 6. The molecule has 0 saturated heterocycles. The summed E-state index contributed by atoms with van der Waals surface area (Å²) < 4.78 is 24.9. The average Bonchev–Trinajstić information content (AvgIpc) is 2.83. The van der Waals surface area contributed by atoms with Crippen LogP contribution in [0.5, 0.6) is 5.75 Å². The van der Waals surface area contributed by atoms with E-state index in [-0.39, 0.29) is 69.4 Å². The van der Waals surface area contributed by atoms with E-state index >= 15 is 0 Å². The molecule has 0 saturated carbocycles. The number of hydrogen-bond donors (Lipinski definition) is 1. The van der Waals surface area contributed by atoms with E-state index in [1.807, 2.05) is 0 Å². The molecule has 13 nitrogen and oxygen atoms in total. The minimum absolute atomic E-state index is 0.0729. The Labute approximate surface area is 214 Å². The number of amides is 1. The number of esters is 4. The number of hydrogen-bond acceptors (Lipinski definition) is 12. The number of methoxy groups -OCH3 is 1. The number of rotatable bonds is 16. The smallest absolute Gasteiger partial charge is 0.307 e. The van der Waals surface area contributed by atoms with Crippen LogP contribution in [-0.2, 0) is 42.9 Å². The topological polar surface area (TPSA) is 164 Å². The monoisotopic (exact) mass is 524 g/mol. The van der Waals surface area contributed by atoms with Gasteiger partial charge in [-0.2, -0.15) is 0 Å². The summed E-state index contributed by atoms with van der Waals surface area (Å²) in [6, 6.07) is 2.93. The second kappa shape index (κ2) is 16.5. The molecule has 37 heavy (non-hydrogen) atoms. The molecule has 0 atom stereocenters. The second-order valence-corrected chi connectivity index (χ2v) is 7.52. The van der Waals surface area contributed by atoms with Gasteiger partial charge in [0.15, 0.2) is 6.29 Å². The fourth-order valence-electron chi connectivity index (χ4n) is 3.02. The van der Waals surface area contributed by atoms with Crippen LogP contribution in [0.15, 0.2) is 12.1 Å². The van der Waals surface area contributed by atoms with E-state index in [0.29, 0.717) is 12.0 Å². The Morgan fingerprint density at radius 1 is 0.811 bits per heavy atom. The van der Waals surface area contributed by atoms with Crippen molar-refractivity contribution < 1.29 is 52.5 Å². The third-order valence-electron chi connectivity index (χ3n) is 4.60. The summed E-state index contributed by atoms with van der Waals surface area (Å²) in [6.45, 7) is 3.52. The summed E-state index contributed by atoms with van der Waals surface area (Å²) in [5, 5.41) is 2.57. The van der Waals surface area contributed by atoms with Gasteiger partial charge >= 0.3 is 23.9 Å². The van der Waals surface area contributed by atoms with E-state index in [1.165, 1.54) is 40.0 Å². The molecule has 0 bridgehead atoms. The van der Waals surface area contributed by atoms with Gasteiger partial charge in [-0.3, -0.25) is 28.8 Å². The summed E-state index contributed by atoms with van der Waals surface area (Å²) >= 11 is 0. The first-order chi connectivity index (χ1) is 17.6. The van der Waals surface area contributed by atoms with Crippen LogP contribution in [-0.4, -0.2) is 82.7 Å². The van der Waals surface area contributed by atoms with Gasteiger partial charge in [-0.05, 0) is 12.1 Å². The lowest BCUT2D eigenvalue weighted by Crippen LogP contribution is -2.30. The van der Waals surface area contributed by atoms with Crippen molar-refractivity contribution in [3.8, 4) is 5.75 Å². The molecule has 0 unspecified atom stereocenters. The highest BCUT2D eigenvalue weighted by Gasteiger charge is 2.20. The molecule has 1 rings (SSSR count). The van der Waals surface area contributed by atoms with Gasteiger partial charge in [0.05, 0.1) is 31.3 Å². The molecule has 0 aliphatic rings. The Bertz CT molecular complexity index is 940. The van der Waals surface area contributed by atoms with Gasteiger partial charge in [0, 0.05) is 39.4 Å². The summed E-state index contributed by atoms with van der Waals surface area (Å²) in [6.07, 6.45) is 0.355. The molecule has 1 amide bonds. The first kappa shape index (κ1) is 30.9. The third-order valence-corrected chi connectivity index (χ3v) is 4.60. The number of carbonyl (C=O) groups excluding carboxylic acids is 6. The summed E-state index contributed by atoms with van der Waals surface area (Å²) in [7, 11) is 1.39. The van der Waals surface area contributed by atoms with Crippen molar-refractivity contribution in [2.45, 2.75) is 33.6 Å². The zero-order chi connectivity index (χ0) is 27.8. The lowest BCUT2D eigenvalue weighted by atomic mass is 10.1. The van der Waals surface area contributed by atoms with Crippen molar-refractivity contribution >= 4 is 47.4 Å². The van der Waals surface area contributed by atoms with E-state index in [0.717, 1.165) is 0 Å². The summed E-state index contributed by atoms with van der Waals surface area (Å²) in [5.41, 5.74) is 0.791. The van der Waals surface area contributed by atoms with Crippen molar-refractivity contribution in [1.29, 1.82) is 0 Å². The van der Waals surface area contributed by atoms with Crippen molar-refractivity contribution in [3.63, 3.8) is 0 Å². The Hall–Kier alpha value is -4.16. The standard InChI is InChI=1S/C24H32N2O11/c1-16(28)25-20-14-21(22(33-4)13-19(20)15-27)26(7-5-23(31)36-11-9-34-17(2)29)8-6-24(32)37-12-10-35-18(3)30/h13-15H,5-12H2,1-4H3,(H,25,28). The summed E-state index contributed by atoms with van der Waals surface area (Å²) in [4.78, 5) is 70.8. The Kier molecular flexibility index (Phi) is 13.8. The van der Waals surface area contributed by atoms with E-state index in [9.17, 15) is 28.8 Å². The van der Waals surface area contributed by atoms with Gasteiger partial charge in [-0.1, -0.05) is 0 Å². The second-order valence-electron chi connectivity index (χ2n) is 7.52. The molecule has 1 aromatic carbocycles. The van der Waals surface area contributed by atoms with Gasteiger partial charge in [-0.25, -0.2) is 0 Å². The van der Waals surface area contributed by atoms with Crippen LogP contribution in [0.1, 0.15) is 44.0 Å². The SMILES string of the molecule is COc1cc(C=O)c(NC(C)=O)cc1N(CCC(=O)OCCOC(C)=O)CCC(=O)OCCOC(C)=O. The Balaban J connectivity index is 3.02. The maximum atomic E-state index is 12.2. The van der Waals surface area contributed by atoms with Crippen molar-refractivity contribution in [2.75, 3.05) is 56.8 Å². The Morgan fingerprint density at radius 3 is 1.70 bits per heavy atom. The highest BCUT2D eigenvalue weighted by Crippen LogP contribution is 2.34. The summed E-state index contributed by atoms with van der Waals surface area (Å²) in [5.74, 6) is -2.29. The van der Waals surface area contributed by atoms with Crippen LogP contribution in [0, 0.1) is 0 Å². The van der Waals surface area contributed by atoms with Crippen LogP contribution in [0.2, 0.25) is 0 Å². The van der Waals surface area contributed by atoms with E-state index in [1.54, 1.807) is 4.90 Å². The number of ether oxygens (including phenoxy) is 5. The molecule has 13 heteroatoms. The molecule has 0 spiro atoms.